The summed E-state index contributed by atoms with van der Waals surface area (Å²) in [6.45, 7) is 9.15. The van der Waals surface area contributed by atoms with Crippen LogP contribution in [0.2, 0.25) is 0 Å². The van der Waals surface area contributed by atoms with E-state index < -0.39 is 36.1 Å². The summed E-state index contributed by atoms with van der Waals surface area (Å²) in [5.41, 5.74) is 5.69. The lowest BCUT2D eigenvalue weighted by atomic mass is 9.96. The molecule has 0 amide bonds. The molecule has 4 atom stereocenters. The van der Waals surface area contributed by atoms with E-state index in [9.17, 15) is 19.2 Å². The fraction of sp³-hybridized carbons (Fsp3) is 0.348. The largest absolute Gasteiger partial charge is 0.479 e. The summed E-state index contributed by atoms with van der Waals surface area (Å²) in [6.07, 6.45) is -0.122. The SMILES string of the molecule is CC(CN(C)C)CN1c2ccccc2Sc2ccccc21.CSc1ccc2c(c1)C(N1CCN(C)CC1)Cc1ccccc1S2.O=C(O)C(O)C(O)C(=O)O.O=C(O)C=CC(=O)O. The second-order valence-corrected chi connectivity index (χ2v) is 18.3. The van der Waals surface area contributed by atoms with Gasteiger partial charge in [0.25, 0.3) is 0 Å². The second-order valence-electron chi connectivity index (χ2n) is 15.3. The summed E-state index contributed by atoms with van der Waals surface area (Å²) < 4.78 is 0. The number of para-hydroxylation sites is 2. The van der Waals surface area contributed by atoms with Gasteiger partial charge in [0.1, 0.15) is 0 Å². The fourth-order valence-electron chi connectivity index (χ4n) is 7.06. The van der Waals surface area contributed by atoms with Crippen molar-refractivity contribution in [2.24, 2.45) is 5.92 Å². The van der Waals surface area contributed by atoms with Gasteiger partial charge in [0.2, 0.25) is 0 Å². The Balaban J connectivity index is 0.000000203. The molecule has 0 aliphatic carbocycles. The topological polar surface area (TPSA) is 203 Å². The first-order chi connectivity index (χ1) is 30.0. The number of hydrogen-bond donors (Lipinski definition) is 6. The van der Waals surface area contributed by atoms with Gasteiger partial charge >= 0.3 is 23.9 Å². The molecule has 338 valence electrons. The van der Waals surface area contributed by atoms with Gasteiger partial charge < -0.3 is 45.3 Å². The molecule has 0 spiro atoms. The molecule has 4 aromatic rings. The van der Waals surface area contributed by atoms with Crippen LogP contribution in [0.5, 0.6) is 0 Å². The number of carboxylic acids is 4. The monoisotopic (exact) mass is 920 g/mol. The Morgan fingerprint density at radius 2 is 1.22 bits per heavy atom. The number of likely N-dealkylation sites (N-methyl/N-ethyl adjacent to an activating group) is 1. The molecule has 0 saturated carbocycles. The van der Waals surface area contributed by atoms with Crippen molar-refractivity contribution in [1.29, 1.82) is 0 Å². The molecule has 1 fully saturated rings. The normalized spacial score (nSPS) is 17.0. The van der Waals surface area contributed by atoms with Crippen LogP contribution in [0.4, 0.5) is 11.4 Å². The van der Waals surface area contributed by atoms with Crippen molar-refractivity contribution in [2.75, 3.05) is 71.6 Å². The molecule has 0 aromatic heterocycles. The molecule has 4 aromatic carbocycles. The maximum atomic E-state index is 9.77. The highest BCUT2D eigenvalue weighted by Gasteiger charge is 2.31. The number of piperazine rings is 1. The van der Waals surface area contributed by atoms with Crippen molar-refractivity contribution in [1.82, 2.24) is 14.7 Å². The second kappa shape index (κ2) is 24.9. The van der Waals surface area contributed by atoms with E-state index in [1.807, 2.05) is 35.3 Å². The minimum Gasteiger partial charge on any atom is -0.479 e. The molecular weight excluding hydrogens is 865 g/mol. The minimum absolute atomic E-state index is 0.497. The number of aliphatic hydroxyl groups is 2. The number of anilines is 2. The van der Waals surface area contributed by atoms with Crippen LogP contribution in [0, 0.1) is 5.92 Å². The van der Waals surface area contributed by atoms with Gasteiger partial charge in [-0.3, -0.25) is 4.90 Å². The average molecular weight is 921 g/mol. The molecule has 4 unspecified atom stereocenters. The van der Waals surface area contributed by atoms with E-state index in [1.165, 1.54) is 60.1 Å². The summed E-state index contributed by atoms with van der Waals surface area (Å²) >= 11 is 5.67. The van der Waals surface area contributed by atoms with Gasteiger partial charge in [-0.2, -0.15) is 0 Å². The van der Waals surface area contributed by atoms with Gasteiger partial charge in [-0.05, 0) is 99.4 Å². The molecule has 3 aliphatic rings. The van der Waals surface area contributed by atoms with Crippen LogP contribution in [0.25, 0.3) is 0 Å². The predicted octanol–water partition coefficient (Wildman–Crippen LogP) is 6.48. The van der Waals surface area contributed by atoms with Crippen molar-refractivity contribution in [3.8, 4) is 0 Å². The number of carboxylic acid groups (broad SMARTS) is 4. The number of aliphatic carboxylic acids is 4. The summed E-state index contributed by atoms with van der Waals surface area (Å²) in [5.74, 6) is -5.44. The molecule has 14 nitrogen and oxygen atoms in total. The number of fused-ring (bicyclic) bond motifs is 4. The number of hydrogen-bond acceptors (Lipinski definition) is 13. The zero-order valence-electron chi connectivity index (χ0n) is 35.9. The lowest BCUT2D eigenvalue weighted by molar-refractivity contribution is -0.165. The standard InChI is InChI=1S/C20H24N2S2.C18H22N2S.C4H6O6.C4H4O4/c1-21-9-11-22(12-10-21)18-13-15-5-3-4-6-19(15)24-20-8-7-16(23-2)14-17(18)20;1-14(12-19(2)3)13-20-15-8-4-6-10-17(15)21-18-11-7-5-9-16(18)20;5-1(3(7)8)2(6)4(9)10;5-3(6)1-2-4(7)8/h3-8,14,18H,9-13H2,1-2H3;4-11,14H,12-13H2,1-3H3;1-2,5-6H,(H,7,8)(H,9,10);1-2H,(H,5,6)(H,7,8). The van der Waals surface area contributed by atoms with Crippen molar-refractivity contribution in [3.63, 3.8) is 0 Å². The molecule has 17 heteroatoms. The number of benzene rings is 4. The van der Waals surface area contributed by atoms with E-state index in [0.29, 0.717) is 24.1 Å². The smallest absolute Gasteiger partial charge is 0.335 e. The van der Waals surface area contributed by atoms with Gasteiger partial charge in [0.05, 0.1) is 11.4 Å². The van der Waals surface area contributed by atoms with Gasteiger partial charge in [0, 0.05) is 81.9 Å². The first-order valence-electron chi connectivity index (χ1n) is 20.1. The van der Waals surface area contributed by atoms with Crippen LogP contribution in [-0.2, 0) is 25.6 Å². The molecule has 0 radical (unpaired) electrons. The van der Waals surface area contributed by atoms with Crippen LogP contribution in [0.15, 0.2) is 128 Å². The van der Waals surface area contributed by atoms with E-state index >= 15 is 0 Å². The Labute approximate surface area is 381 Å². The van der Waals surface area contributed by atoms with Crippen molar-refractivity contribution >= 4 is 70.5 Å². The van der Waals surface area contributed by atoms with Crippen LogP contribution in [0.1, 0.15) is 24.1 Å². The Hall–Kier alpha value is -4.85. The Morgan fingerprint density at radius 3 is 1.71 bits per heavy atom. The number of rotatable bonds is 11. The highest BCUT2D eigenvalue weighted by Crippen LogP contribution is 2.48. The lowest BCUT2D eigenvalue weighted by Crippen LogP contribution is -2.46. The van der Waals surface area contributed by atoms with Gasteiger partial charge in [0.15, 0.2) is 12.2 Å². The van der Waals surface area contributed by atoms with Crippen LogP contribution in [0.3, 0.4) is 0 Å². The minimum atomic E-state index is -2.27. The molecule has 3 aliphatic heterocycles. The van der Waals surface area contributed by atoms with E-state index in [-0.39, 0.29) is 0 Å². The maximum absolute atomic E-state index is 9.77. The zero-order valence-corrected chi connectivity index (χ0v) is 38.4. The highest BCUT2D eigenvalue weighted by molar-refractivity contribution is 8.00. The summed E-state index contributed by atoms with van der Waals surface area (Å²) in [4.78, 5) is 55.5. The molecule has 7 rings (SSSR count). The lowest BCUT2D eigenvalue weighted by Gasteiger charge is -2.38. The quantitative estimate of drug-likeness (QED) is 0.0704. The van der Waals surface area contributed by atoms with Crippen LogP contribution in [-0.4, -0.2) is 148 Å². The molecule has 3 heterocycles. The summed E-state index contributed by atoms with van der Waals surface area (Å²) in [6, 6.07) is 33.9. The van der Waals surface area contributed by atoms with Gasteiger partial charge in [-0.1, -0.05) is 72.9 Å². The molecule has 0 bridgehead atoms. The van der Waals surface area contributed by atoms with E-state index in [4.69, 9.17) is 30.6 Å². The Bertz CT molecular complexity index is 2120. The van der Waals surface area contributed by atoms with Crippen molar-refractivity contribution in [2.45, 2.75) is 56.1 Å². The van der Waals surface area contributed by atoms with E-state index in [2.05, 4.69) is 145 Å². The average Bonchev–Trinajstić information content (AvgIpc) is 3.42. The Kier molecular flexibility index (Phi) is 20.0. The number of nitrogens with zero attached hydrogens (tertiary/aromatic N) is 4. The zero-order chi connectivity index (χ0) is 46.2. The van der Waals surface area contributed by atoms with Crippen molar-refractivity contribution in [3.05, 3.63) is 114 Å². The van der Waals surface area contributed by atoms with Crippen molar-refractivity contribution < 1.29 is 49.8 Å². The number of carbonyl (C=O) groups is 4. The molecule has 6 N–H and O–H groups in total. The maximum Gasteiger partial charge on any atom is 0.335 e. The number of aliphatic hydroxyl groups excluding tert-OH is 2. The first kappa shape index (κ1) is 50.8. The Morgan fingerprint density at radius 1 is 0.730 bits per heavy atom. The highest BCUT2D eigenvalue weighted by atomic mass is 32.2. The predicted molar refractivity (Wildman–Crippen MR) is 248 cm³/mol. The van der Waals surface area contributed by atoms with E-state index in [1.54, 1.807) is 0 Å². The van der Waals surface area contributed by atoms with Crippen LogP contribution < -0.4 is 4.90 Å². The van der Waals surface area contributed by atoms with Gasteiger partial charge in [-0.25, -0.2) is 19.2 Å². The van der Waals surface area contributed by atoms with E-state index in [0.717, 1.165) is 32.6 Å². The van der Waals surface area contributed by atoms with Crippen LogP contribution >= 0.6 is 35.3 Å². The molecular formula is C46H56N4O10S3. The fourth-order valence-corrected chi connectivity index (χ4v) is 9.72. The summed E-state index contributed by atoms with van der Waals surface area (Å²) in [5, 5.41) is 48.2. The third-order valence-corrected chi connectivity index (χ3v) is 13.1. The third-order valence-electron chi connectivity index (χ3n) is 10.0. The molecule has 1 saturated heterocycles. The molecule has 63 heavy (non-hydrogen) atoms. The first-order valence-corrected chi connectivity index (χ1v) is 22.9. The number of thioether (sulfide) groups is 1. The third kappa shape index (κ3) is 15.4. The van der Waals surface area contributed by atoms with Gasteiger partial charge in [-0.15, -0.1) is 11.8 Å². The summed E-state index contributed by atoms with van der Waals surface area (Å²) in [7, 11) is 6.52.